The molecule has 0 heterocycles. The lowest BCUT2D eigenvalue weighted by atomic mass is 9.83. The molecular formula is C20H22N2O4. The molecule has 1 aliphatic rings. The molecule has 2 unspecified atom stereocenters. The van der Waals surface area contributed by atoms with Crippen LogP contribution < -0.4 is 11.5 Å². The molecule has 6 heteroatoms. The van der Waals surface area contributed by atoms with Crippen molar-refractivity contribution in [3.05, 3.63) is 82.9 Å². The lowest BCUT2D eigenvalue weighted by Gasteiger charge is -2.28. The molecule has 2 aromatic rings. The SMILES string of the molecule is CC1(N)c2ccccc2CC(N)c2ccccc21.O=C(O)C=CC(=O)O. The number of rotatable bonds is 2. The normalized spacial score (nSPS) is 21.0. The Morgan fingerprint density at radius 2 is 1.50 bits per heavy atom. The fraction of sp³-hybridized carbons (Fsp3) is 0.200. The highest BCUT2D eigenvalue weighted by atomic mass is 16.4. The van der Waals surface area contributed by atoms with Crippen LogP contribution in [0.15, 0.2) is 60.7 Å². The van der Waals surface area contributed by atoms with Gasteiger partial charge in [0.1, 0.15) is 0 Å². The van der Waals surface area contributed by atoms with Gasteiger partial charge >= 0.3 is 11.9 Å². The van der Waals surface area contributed by atoms with Gasteiger partial charge in [-0.1, -0.05) is 48.5 Å². The van der Waals surface area contributed by atoms with Crippen LogP contribution in [0.5, 0.6) is 0 Å². The maximum atomic E-state index is 9.55. The Bertz CT molecular complexity index is 827. The second-order valence-corrected chi connectivity index (χ2v) is 6.27. The summed E-state index contributed by atoms with van der Waals surface area (Å²) < 4.78 is 0. The molecule has 0 spiro atoms. The molecule has 2 aromatic carbocycles. The van der Waals surface area contributed by atoms with Crippen LogP contribution in [0, 0.1) is 0 Å². The van der Waals surface area contributed by atoms with Gasteiger partial charge in [-0.15, -0.1) is 0 Å². The van der Waals surface area contributed by atoms with Gasteiger partial charge < -0.3 is 21.7 Å². The first-order valence-electron chi connectivity index (χ1n) is 8.09. The van der Waals surface area contributed by atoms with E-state index in [0.717, 1.165) is 12.0 Å². The van der Waals surface area contributed by atoms with Crippen LogP contribution in [0.3, 0.4) is 0 Å². The van der Waals surface area contributed by atoms with Crippen molar-refractivity contribution >= 4 is 11.9 Å². The predicted molar refractivity (Wildman–Crippen MR) is 98.6 cm³/mol. The lowest BCUT2D eigenvalue weighted by Crippen LogP contribution is -2.35. The molecule has 2 atom stereocenters. The summed E-state index contributed by atoms with van der Waals surface area (Å²) in [6, 6.07) is 16.6. The Morgan fingerprint density at radius 1 is 1.00 bits per heavy atom. The van der Waals surface area contributed by atoms with Crippen LogP contribution in [-0.4, -0.2) is 22.2 Å². The Morgan fingerprint density at radius 3 is 2.08 bits per heavy atom. The standard InChI is InChI=1S/C16H18N2.C4H4O4/c1-16(18)13-8-4-2-6-11(13)10-15(17)12-7-3-5-9-14(12)16;5-3(6)1-2-4(7)8/h2-9,15H,10,17-18H2,1H3;1-2H,(H,5,6)(H,7,8). The number of carboxylic acid groups (broad SMARTS) is 2. The molecule has 0 saturated carbocycles. The molecule has 0 aromatic heterocycles. The van der Waals surface area contributed by atoms with Crippen molar-refractivity contribution in [2.75, 3.05) is 0 Å². The Kier molecular flexibility index (Phi) is 5.92. The molecule has 6 nitrogen and oxygen atoms in total. The zero-order valence-corrected chi connectivity index (χ0v) is 14.4. The van der Waals surface area contributed by atoms with E-state index in [9.17, 15) is 9.59 Å². The van der Waals surface area contributed by atoms with E-state index in [-0.39, 0.29) is 6.04 Å². The van der Waals surface area contributed by atoms with Crippen molar-refractivity contribution in [2.24, 2.45) is 11.5 Å². The summed E-state index contributed by atoms with van der Waals surface area (Å²) in [5.41, 5.74) is 17.2. The maximum absolute atomic E-state index is 9.55. The lowest BCUT2D eigenvalue weighted by molar-refractivity contribution is -0.134. The zero-order chi connectivity index (χ0) is 19.3. The van der Waals surface area contributed by atoms with E-state index < -0.39 is 17.5 Å². The molecule has 0 aliphatic heterocycles. The summed E-state index contributed by atoms with van der Waals surface area (Å²) in [6.45, 7) is 2.07. The van der Waals surface area contributed by atoms with E-state index in [4.69, 9.17) is 21.7 Å². The first-order valence-corrected chi connectivity index (χ1v) is 8.09. The van der Waals surface area contributed by atoms with E-state index in [1.165, 1.54) is 16.7 Å². The highest BCUT2D eigenvalue weighted by molar-refractivity contribution is 5.89. The third-order valence-corrected chi connectivity index (χ3v) is 4.30. The van der Waals surface area contributed by atoms with E-state index in [1.54, 1.807) is 0 Å². The summed E-state index contributed by atoms with van der Waals surface area (Å²) in [7, 11) is 0. The summed E-state index contributed by atoms with van der Waals surface area (Å²) in [4.78, 5) is 19.1. The van der Waals surface area contributed by atoms with Crippen LogP contribution in [0.1, 0.15) is 35.2 Å². The average molecular weight is 354 g/mol. The second-order valence-electron chi connectivity index (χ2n) is 6.27. The molecule has 0 saturated heterocycles. The summed E-state index contributed by atoms with van der Waals surface area (Å²) in [6.07, 6.45) is 1.96. The highest BCUT2D eigenvalue weighted by Crippen LogP contribution is 2.38. The van der Waals surface area contributed by atoms with Crippen LogP contribution >= 0.6 is 0 Å². The van der Waals surface area contributed by atoms with Gasteiger partial charge in [-0.25, -0.2) is 9.59 Å². The van der Waals surface area contributed by atoms with Crippen molar-refractivity contribution in [3.8, 4) is 0 Å². The molecule has 0 bridgehead atoms. The van der Waals surface area contributed by atoms with Crippen molar-refractivity contribution in [1.29, 1.82) is 0 Å². The van der Waals surface area contributed by atoms with E-state index in [1.807, 2.05) is 18.2 Å². The van der Waals surface area contributed by atoms with Gasteiger partial charge in [0.15, 0.2) is 0 Å². The molecule has 0 radical (unpaired) electrons. The van der Waals surface area contributed by atoms with Crippen molar-refractivity contribution < 1.29 is 19.8 Å². The summed E-state index contributed by atoms with van der Waals surface area (Å²) >= 11 is 0. The minimum absolute atomic E-state index is 0.0210. The van der Waals surface area contributed by atoms with Crippen LogP contribution in [0.25, 0.3) is 0 Å². The van der Waals surface area contributed by atoms with Gasteiger partial charge in [-0.3, -0.25) is 0 Å². The number of hydrogen-bond acceptors (Lipinski definition) is 4. The largest absolute Gasteiger partial charge is 0.478 e. The Labute approximate surface area is 151 Å². The quantitative estimate of drug-likeness (QED) is 0.612. The number of carbonyl (C=O) groups is 2. The smallest absolute Gasteiger partial charge is 0.328 e. The molecule has 3 rings (SSSR count). The van der Waals surface area contributed by atoms with Gasteiger partial charge in [0, 0.05) is 18.2 Å². The van der Waals surface area contributed by atoms with Gasteiger partial charge in [0.2, 0.25) is 0 Å². The van der Waals surface area contributed by atoms with E-state index in [0.29, 0.717) is 12.2 Å². The summed E-state index contributed by atoms with van der Waals surface area (Å²) in [5.74, 6) is -2.51. The second kappa shape index (κ2) is 7.95. The minimum Gasteiger partial charge on any atom is -0.478 e. The van der Waals surface area contributed by atoms with Gasteiger partial charge in [-0.05, 0) is 35.6 Å². The fourth-order valence-electron chi connectivity index (χ4n) is 3.13. The molecule has 26 heavy (non-hydrogen) atoms. The van der Waals surface area contributed by atoms with Gasteiger partial charge in [0.25, 0.3) is 0 Å². The number of benzene rings is 2. The van der Waals surface area contributed by atoms with Gasteiger partial charge in [0.05, 0.1) is 5.54 Å². The molecule has 136 valence electrons. The third-order valence-electron chi connectivity index (χ3n) is 4.30. The van der Waals surface area contributed by atoms with Crippen LogP contribution in [0.4, 0.5) is 0 Å². The molecule has 6 N–H and O–H groups in total. The Balaban J connectivity index is 0.000000260. The highest BCUT2D eigenvalue weighted by Gasteiger charge is 2.33. The van der Waals surface area contributed by atoms with Crippen LogP contribution in [0.2, 0.25) is 0 Å². The average Bonchev–Trinajstić information content (AvgIpc) is 2.68. The molecule has 0 fully saturated rings. The molecule has 0 amide bonds. The number of aliphatic carboxylic acids is 2. The first kappa shape index (κ1) is 19.4. The van der Waals surface area contributed by atoms with Crippen molar-refractivity contribution in [3.63, 3.8) is 0 Å². The monoisotopic (exact) mass is 354 g/mol. The topological polar surface area (TPSA) is 127 Å². The number of fused-ring (bicyclic) bond motifs is 2. The Hall–Kier alpha value is -2.96. The maximum Gasteiger partial charge on any atom is 0.328 e. The molecular weight excluding hydrogens is 332 g/mol. The van der Waals surface area contributed by atoms with E-state index in [2.05, 4.69) is 37.3 Å². The van der Waals surface area contributed by atoms with Gasteiger partial charge in [-0.2, -0.15) is 0 Å². The van der Waals surface area contributed by atoms with Crippen molar-refractivity contribution in [2.45, 2.75) is 24.9 Å². The zero-order valence-electron chi connectivity index (χ0n) is 14.4. The van der Waals surface area contributed by atoms with E-state index >= 15 is 0 Å². The number of hydrogen-bond donors (Lipinski definition) is 4. The van der Waals surface area contributed by atoms with Crippen LogP contribution in [-0.2, 0) is 21.5 Å². The van der Waals surface area contributed by atoms with Crippen molar-refractivity contribution in [1.82, 2.24) is 0 Å². The number of carboxylic acids is 2. The molecule has 1 aliphatic carbocycles. The fourth-order valence-corrected chi connectivity index (χ4v) is 3.13. The predicted octanol–water partition coefficient (Wildman–Crippen LogP) is 2.18. The first-order chi connectivity index (χ1) is 12.2. The minimum atomic E-state index is -1.26. The number of nitrogens with two attached hydrogens (primary N) is 2. The summed E-state index contributed by atoms with van der Waals surface area (Å²) in [5, 5.41) is 15.6. The third kappa shape index (κ3) is 4.36.